The first kappa shape index (κ1) is 19.3. The van der Waals surface area contributed by atoms with Gasteiger partial charge in [-0.05, 0) is 25.5 Å². The number of hydrogen-bond acceptors (Lipinski definition) is 3. The maximum atomic E-state index is 12.3. The van der Waals surface area contributed by atoms with Gasteiger partial charge in [-0.3, -0.25) is 9.59 Å². The van der Waals surface area contributed by atoms with Gasteiger partial charge in [0.15, 0.2) is 0 Å². The average molecular weight is 346 g/mol. The maximum Gasteiger partial charge on any atom is 0.228 e. The molecular weight excluding hydrogens is 316 g/mol. The van der Waals surface area contributed by atoms with Crippen molar-refractivity contribution in [2.45, 2.75) is 41.0 Å². The number of carbonyl (C=O) groups is 2. The first-order valence-electron chi connectivity index (χ1n) is 8.95. The van der Waals surface area contributed by atoms with Crippen molar-refractivity contribution >= 4 is 11.8 Å². The van der Waals surface area contributed by atoms with Crippen molar-refractivity contribution in [1.29, 1.82) is 0 Å². The summed E-state index contributed by atoms with van der Waals surface area (Å²) in [5.74, 6) is 1.07. The highest BCUT2D eigenvalue weighted by Crippen LogP contribution is 2.20. The third kappa shape index (κ3) is 5.21. The van der Waals surface area contributed by atoms with E-state index < -0.39 is 0 Å². The molecule has 138 valence electrons. The van der Waals surface area contributed by atoms with Crippen molar-refractivity contribution in [1.82, 2.24) is 9.80 Å². The van der Waals surface area contributed by atoms with Crippen LogP contribution < -0.4 is 4.74 Å². The fourth-order valence-corrected chi connectivity index (χ4v) is 3.00. The third-order valence-corrected chi connectivity index (χ3v) is 4.47. The highest BCUT2D eigenvalue weighted by Gasteiger charge is 2.30. The molecule has 0 unspecified atom stereocenters. The molecule has 1 aliphatic heterocycles. The fourth-order valence-electron chi connectivity index (χ4n) is 3.00. The number of ether oxygens (including phenoxy) is 1. The maximum absolute atomic E-state index is 12.3. The van der Waals surface area contributed by atoms with Gasteiger partial charge in [-0.2, -0.15) is 0 Å². The summed E-state index contributed by atoms with van der Waals surface area (Å²) in [7, 11) is 0. The van der Waals surface area contributed by atoms with Gasteiger partial charge in [-0.25, -0.2) is 0 Å². The van der Waals surface area contributed by atoms with Crippen LogP contribution in [0.25, 0.3) is 0 Å². The monoisotopic (exact) mass is 346 g/mol. The van der Waals surface area contributed by atoms with Gasteiger partial charge in [-0.1, -0.05) is 38.5 Å². The van der Waals surface area contributed by atoms with E-state index in [-0.39, 0.29) is 17.2 Å². The Morgan fingerprint density at radius 2 is 1.64 bits per heavy atom. The second kappa shape index (κ2) is 7.89. The lowest BCUT2D eigenvalue weighted by atomic mass is 9.94. The Balaban J connectivity index is 1.76. The van der Waals surface area contributed by atoms with E-state index in [1.54, 1.807) is 0 Å². The van der Waals surface area contributed by atoms with Crippen LogP contribution in [-0.4, -0.2) is 54.4 Å². The SMILES string of the molecule is Cc1ccc(OCCC(=O)N2CCN(C(=O)C(C)(C)C)CC2)c(C)c1. The molecule has 0 saturated carbocycles. The van der Waals surface area contributed by atoms with Crippen molar-refractivity contribution in [3.63, 3.8) is 0 Å². The Kier molecular flexibility index (Phi) is 6.09. The van der Waals surface area contributed by atoms with E-state index in [1.807, 2.05) is 56.6 Å². The van der Waals surface area contributed by atoms with Crippen LogP contribution in [0.1, 0.15) is 38.3 Å². The van der Waals surface area contributed by atoms with E-state index in [1.165, 1.54) is 5.56 Å². The molecule has 0 N–H and O–H groups in total. The molecule has 0 spiro atoms. The molecule has 2 rings (SSSR count). The largest absolute Gasteiger partial charge is 0.493 e. The van der Waals surface area contributed by atoms with Gasteiger partial charge in [0.25, 0.3) is 0 Å². The quantitative estimate of drug-likeness (QED) is 0.842. The lowest BCUT2D eigenvalue weighted by Gasteiger charge is -2.37. The smallest absolute Gasteiger partial charge is 0.228 e. The van der Waals surface area contributed by atoms with E-state index >= 15 is 0 Å². The third-order valence-electron chi connectivity index (χ3n) is 4.47. The second-order valence-electron chi connectivity index (χ2n) is 7.79. The molecule has 5 nitrogen and oxygen atoms in total. The summed E-state index contributed by atoms with van der Waals surface area (Å²) < 4.78 is 5.75. The highest BCUT2D eigenvalue weighted by molar-refractivity contribution is 5.82. The summed E-state index contributed by atoms with van der Waals surface area (Å²) in [5.41, 5.74) is 1.91. The minimum absolute atomic E-state index is 0.0904. The summed E-state index contributed by atoms with van der Waals surface area (Å²) in [4.78, 5) is 28.3. The van der Waals surface area contributed by atoms with E-state index in [0.29, 0.717) is 39.2 Å². The number of benzene rings is 1. The summed E-state index contributed by atoms with van der Waals surface area (Å²) in [6.45, 7) is 12.6. The van der Waals surface area contributed by atoms with Crippen molar-refractivity contribution < 1.29 is 14.3 Å². The number of aryl methyl sites for hydroxylation is 2. The topological polar surface area (TPSA) is 49.9 Å². The van der Waals surface area contributed by atoms with Crippen LogP contribution >= 0.6 is 0 Å². The molecule has 1 aromatic carbocycles. The lowest BCUT2D eigenvalue weighted by molar-refractivity contribution is -0.145. The predicted molar refractivity (Wildman–Crippen MR) is 98.6 cm³/mol. The van der Waals surface area contributed by atoms with Gasteiger partial charge < -0.3 is 14.5 Å². The Bertz CT molecular complexity index is 626. The molecule has 1 aliphatic rings. The van der Waals surface area contributed by atoms with Gasteiger partial charge in [0.05, 0.1) is 13.0 Å². The normalized spacial score (nSPS) is 15.2. The van der Waals surface area contributed by atoms with Crippen LogP contribution in [0.15, 0.2) is 18.2 Å². The van der Waals surface area contributed by atoms with Crippen molar-refractivity contribution in [3.05, 3.63) is 29.3 Å². The highest BCUT2D eigenvalue weighted by atomic mass is 16.5. The van der Waals surface area contributed by atoms with Crippen LogP contribution in [-0.2, 0) is 9.59 Å². The number of hydrogen-bond donors (Lipinski definition) is 0. The molecule has 0 aliphatic carbocycles. The Labute approximate surface area is 150 Å². The van der Waals surface area contributed by atoms with E-state index in [9.17, 15) is 9.59 Å². The van der Waals surface area contributed by atoms with E-state index in [2.05, 4.69) is 6.07 Å². The van der Waals surface area contributed by atoms with Crippen molar-refractivity contribution in [2.24, 2.45) is 5.41 Å². The first-order valence-corrected chi connectivity index (χ1v) is 8.95. The molecule has 0 bridgehead atoms. The second-order valence-corrected chi connectivity index (χ2v) is 7.79. The summed E-state index contributed by atoms with van der Waals surface area (Å²) in [6, 6.07) is 6.03. The van der Waals surface area contributed by atoms with Gasteiger partial charge in [0.1, 0.15) is 5.75 Å². The Morgan fingerprint density at radius 1 is 1.04 bits per heavy atom. The lowest BCUT2D eigenvalue weighted by Crippen LogP contribution is -2.53. The van der Waals surface area contributed by atoms with Crippen LogP contribution in [0.4, 0.5) is 0 Å². The molecule has 1 aromatic rings. The minimum atomic E-state index is -0.369. The Morgan fingerprint density at radius 3 is 2.20 bits per heavy atom. The zero-order chi connectivity index (χ0) is 18.6. The fraction of sp³-hybridized carbons (Fsp3) is 0.600. The number of carbonyl (C=O) groups excluding carboxylic acids is 2. The van der Waals surface area contributed by atoms with Crippen LogP contribution in [0.2, 0.25) is 0 Å². The zero-order valence-corrected chi connectivity index (χ0v) is 16.1. The molecule has 0 radical (unpaired) electrons. The molecule has 25 heavy (non-hydrogen) atoms. The van der Waals surface area contributed by atoms with Gasteiger partial charge in [0.2, 0.25) is 11.8 Å². The standard InChI is InChI=1S/C20H30N2O3/c1-15-6-7-17(16(2)14-15)25-13-8-18(23)21-9-11-22(12-10-21)19(24)20(3,4)5/h6-7,14H,8-13H2,1-5H3. The molecule has 1 fully saturated rings. The summed E-state index contributed by atoms with van der Waals surface area (Å²) >= 11 is 0. The van der Waals surface area contributed by atoms with Crippen molar-refractivity contribution in [3.8, 4) is 5.75 Å². The van der Waals surface area contributed by atoms with Gasteiger partial charge >= 0.3 is 0 Å². The molecule has 0 aromatic heterocycles. The molecule has 5 heteroatoms. The first-order chi connectivity index (χ1) is 11.7. The predicted octanol–water partition coefficient (Wildman–Crippen LogP) is 2.79. The number of nitrogens with zero attached hydrogens (tertiary/aromatic N) is 2. The van der Waals surface area contributed by atoms with Gasteiger partial charge in [0, 0.05) is 31.6 Å². The zero-order valence-electron chi connectivity index (χ0n) is 16.1. The van der Waals surface area contributed by atoms with E-state index in [0.717, 1.165) is 11.3 Å². The summed E-state index contributed by atoms with van der Waals surface area (Å²) in [5, 5.41) is 0. The molecule has 2 amide bonds. The molecule has 1 heterocycles. The molecule has 1 saturated heterocycles. The average Bonchev–Trinajstić information content (AvgIpc) is 2.55. The minimum Gasteiger partial charge on any atom is -0.493 e. The van der Waals surface area contributed by atoms with Crippen LogP contribution in [0.3, 0.4) is 0 Å². The number of piperazine rings is 1. The number of amides is 2. The number of rotatable bonds is 4. The van der Waals surface area contributed by atoms with Crippen LogP contribution in [0.5, 0.6) is 5.75 Å². The van der Waals surface area contributed by atoms with E-state index in [4.69, 9.17) is 4.74 Å². The van der Waals surface area contributed by atoms with Crippen molar-refractivity contribution in [2.75, 3.05) is 32.8 Å². The molecular formula is C20H30N2O3. The summed E-state index contributed by atoms with van der Waals surface area (Å²) in [6.07, 6.45) is 0.362. The Hall–Kier alpha value is -2.04. The molecule has 0 atom stereocenters. The van der Waals surface area contributed by atoms with Gasteiger partial charge in [-0.15, -0.1) is 0 Å². The van der Waals surface area contributed by atoms with Crippen LogP contribution in [0, 0.1) is 19.3 Å².